The molecule has 0 bridgehead atoms. The van der Waals surface area contributed by atoms with Gasteiger partial charge < -0.3 is 15.0 Å². The number of aromatic nitrogens is 2. The number of carbonyl (C=O) groups excluding carboxylic acids is 2. The molecule has 0 saturated heterocycles. The molecule has 0 radical (unpaired) electrons. The van der Waals surface area contributed by atoms with Crippen LogP contribution in [0.5, 0.6) is 5.75 Å². The summed E-state index contributed by atoms with van der Waals surface area (Å²) in [5, 5.41) is 16.1. The van der Waals surface area contributed by atoms with E-state index < -0.39 is 5.91 Å². The van der Waals surface area contributed by atoms with Gasteiger partial charge in [0.25, 0.3) is 11.8 Å². The number of nitrogens with zero attached hydrogens (tertiary/aromatic N) is 4. The highest BCUT2D eigenvalue weighted by Crippen LogP contribution is 2.25. The number of ether oxygens (including phenoxy) is 1. The SMILES string of the molecule is C#CCOc1ccc(Cc2ccc(N3CCn4ncc(C(=O)Nc5cccc(C#N)c5)c4C3=O)cc2)cc1. The Morgan fingerprint density at radius 3 is 2.50 bits per heavy atom. The molecule has 8 heteroatoms. The number of benzene rings is 3. The number of anilines is 2. The molecule has 38 heavy (non-hydrogen) atoms. The van der Waals surface area contributed by atoms with Crippen molar-refractivity contribution in [1.29, 1.82) is 5.26 Å². The zero-order valence-electron chi connectivity index (χ0n) is 20.4. The van der Waals surface area contributed by atoms with Gasteiger partial charge in [0, 0.05) is 17.9 Å². The Bertz CT molecular complexity index is 1570. The highest BCUT2D eigenvalue weighted by molar-refractivity contribution is 6.15. The van der Waals surface area contributed by atoms with Crippen molar-refractivity contribution < 1.29 is 14.3 Å². The van der Waals surface area contributed by atoms with E-state index in [1.165, 1.54) is 6.20 Å². The molecule has 2 heterocycles. The summed E-state index contributed by atoms with van der Waals surface area (Å²) in [6, 6.07) is 24.2. The van der Waals surface area contributed by atoms with Gasteiger partial charge in [-0.15, -0.1) is 6.42 Å². The Kier molecular flexibility index (Phi) is 6.88. The van der Waals surface area contributed by atoms with Crippen LogP contribution in [0.2, 0.25) is 0 Å². The van der Waals surface area contributed by atoms with Crippen LogP contribution in [-0.4, -0.2) is 34.7 Å². The van der Waals surface area contributed by atoms with Gasteiger partial charge in [-0.25, -0.2) is 0 Å². The molecule has 0 fully saturated rings. The summed E-state index contributed by atoms with van der Waals surface area (Å²) in [5.74, 6) is 2.43. The lowest BCUT2D eigenvalue weighted by Gasteiger charge is -2.28. The van der Waals surface area contributed by atoms with Crippen molar-refractivity contribution in [3.63, 3.8) is 0 Å². The van der Waals surface area contributed by atoms with Gasteiger partial charge in [-0.05, 0) is 60.0 Å². The first-order chi connectivity index (χ1) is 18.6. The van der Waals surface area contributed by atoms with Crippen molar-refractivity contribution in [3.8, 4) is 24.2 Å². The van der Waals surface area contributed by atoms with Crippen molar-refractivity contribution >= 4 is 23.2 Å². The van der Waals surface area contributed by atoms with Crippen LogP contribution in [0.4, 0.5) is 11.4 Å². The smallest absolute Gasteiger partial charge is 0.277 e. The van der Waals surface area contributed by atoms with Gasteiger partial charge in [-0.1, -0.05) is 36.3 Å². The average molecular weight is 502 g/mol. The number of hydrogen-bond donors (Lipinski definition) is 1. The highest BCUT2D eigenvalue weighted by Gasteiger charge is 2.32. The first kappa shape index (κ1) is 24.4. The number of nitrogens with one attached hydrogen (secondary N) is 1. The Hall–Kier alpha value is -5.34. The van der Waals surface area contributed by atoms with Crippen molar-refractivity contribution in [2.75, 3.05) is 23.4 Å². The fourth-order valence-electron chi connectivity index (χ4n) is 4.34. The van der Waals surface area contributed by atoms with Crippen LogP contribution >= 0.6 is 0 Å². The van der Waals surface area contributed by atoms with E-state index in [0.717, 1.165) is 29.0 Å². The third kappa shape index (κ3) is 5.11. The molecular weight excluding hydrogens is 478 g/mol. The van der Waals surface area contributed by atoms with Crippen LogP contribution in [0.3, 0.4) is 0 Å². The Labute approximate surface area is 220 Å². The molecule has 1 aliphatic heterocycles. The molecule has 186 valence electrons. The third-order valence-electron chi connectivity index (χ3n) is 6.22. The lowest BCUT2D eigenvalue weighted by atomic mass is 10.0. The van der Waals surface area contributed by atoms with Crippen LogP contribution in [0.1, 0.15) is 37.5 Å². The van der Waals surface area contributed by atoms with Crippen molar-refractivity contribution in [2.24, 2.45) is 0 Å². The summed E-state index contributed by atoms with van der Waals surface area (Å²) in [6.07, 6.45) is 7.37. The van der Waals surface area contributed by atoms with Crippen LogP contribution in [0, 0.1) is 23.7 Å². The second-order valence-electron chi connectivity index (χ2n) is 8.71. The fraction of sp³-hybridized carbons (Fsp3) is 0.133. The maximum absolute atomic E-state index is 13.5. The molecule has 0 unspecified atom stereocenters. The predicted molar refractivity (Wildman–Crippen MR) is 143 cm³/mol. The van der Waals surface area contributed by atoms with E-state index in [-0.39, 0.29) is 23.8 Å². The van der Waals surface area contributed by atoms with E-state index in [4.69, 9.17) is 16.4 Å². The largest absolute Gasteiger partial charge is 0.481 e. The van der Waals surface area contributed by atoms with E-state index in [1.54, 1.807) is 33.8 Å². The lowest BCUT2D eigenvalue weighted by molar-refractivity contribution is 0.0947. The molecule has 5 rings (SSSR count). The molecule has 4 aromatic rings. The quantitative estimate of drug-likeness (QED) is 0.381. The number of amides is 2. The molecule has 0 aliphatic carbocycles. The van der Waals surface area contributed by atoms with Crippen molar-refractivity contribution in [1.82, 2.24) is 9.78 Å². The summed E-state index contributed by atoms with van der Waals surface area (Å²) >= 11 is 0. The van der Waals surface area contributed by atoms with E-state index in [2.05, 4.69) is 16.3 Å². The number of carbonyl (C=O) groups is 2. The Balaban J connectivity index is 1.29. The number of nitriles is 1. The number of rotatable bonds is 7. The number of hydrogen-bond acceptors (Lipinski definition) is 5. The fourth-order valence-corrected chi connectivity index (χ4v) is 4.34. The summed E-state index contributed by atoms with van der Waals surface area (Å²) in [6.45, 7) is 1.14. The standard InChI is InChI=1S/C30H23N5O3/c1-2-16-38-26-12-8-22(9-13-26)17-21-6-10-25(11-7-21)34-14-15-35-28(30(34)37)27(20-32-35)29(36)33-24-5-3-4-23(18-24)19-31/h1,3-13,18,20H,14-17H2,(H,33,36). The van der Waals surface area contributed by atoms with Gasteiger partial charge in [-0.3, -0.25) is 14.3 Å². The summed E-state index contributed by atoms with van der Waals surface area (Å²) in [4.78, 5) is 28.1. The minimum absolute atomic E-state index is 0.188. The molecular formula is C30H23N5O3. The Morgan fingerprint density at radius 2 is 1.79 bits per heavy atom. The first-order valence-corrected chi connectivity index (χ1v) is 12.0. The van der Waals surface area contributed by atoms with Gasteiger partial charge in [0.05, 0.1) is 29.9 Å². The molecule has 1 aliphatic rings. The molecule has 1 N–H and O–H groups in total. The second-order valence-corrected chi connectivity index (χ2v) is 8.71. The molecule has 0 spiro atoms. The maximum Gasteiger partial charge on any atom is 0.277 e. The number of fused-ring (bicyclic) bond motifs is 1. The van der Waals surface area contributed by atoms with Gasteiger partial charge in [-0.2, -0.15) is 10.4 Å². The molecule has 0 atom stereocenters. The van der Waals surface area contributed by atoms with Gasteiger partial charge in [0.2, 0.25) is 0 Å². The molecule has 0 saturated carbocycles. The molecule has 2 amide bonds. The van der Waals surface area contributed by atoms with Crippen LogP contribution < -0.4 is 15.0 Å². The second kappa shape index (κ2) is 10.7. The zero-order valence-corrected chi connectivity index (χ0v) is 20.4. The molecule has 3 aromatic carbocycles. The van der Waals surface area contributed by atoms with Crippen LogP contribution in [0.15, 0.2) is 79.0 Å². The lowest BCUT2D eigenvalue weighted by Crippen LogP contribution is -2.41. The van der Waals surface area contributed by atoms with Gasteiger partial charge in [0.15, 0.2) is 0 Å². The summed E-state index contributed by atoms with van der Waals surface area (Å²) in [7, 11) is 0. The van der Waals surface area contributed by atoms with E-state index in [1.807, 2.05) is 54.6 Å². The van der Waals surface area contributed by atoms with Gasteiger partial charge in [0.1, 0.15) is 18.1 Å². The molecule has 8 nitrogen and oxygen atoms in total. The topological polar surface area (TPSA) is 100 Å². The van der Waals surface area contributed by atoms with Crippen molar-refractivity contribution in [3.05, 3.63) is 107 Å². The van der Waals surface area contributed by atoms with Crippen molar-refractivity contribution in [2.45, 2.75) is 13.0 Å². The van der Waals surface area contributed by atoms with E-state index in [0.29, 0.717) is 24.3 Å². The predicted octanol–water partition coefficient (Wildman–Crippen LogP) is 4.27. The monoisotopic (exact) mass is 501 g/mol. The van der Waals surface area contributed by atoms with Crippen LogP contribution in [-0.2, 0) is 13.0 Å². The summed E-state index contributed by atoms with van der Waals surface area (Å²) < 4.78 is 6.98. The highest BCUT2D eigenvalue weighted by atomic mass is 16.5. The van der Waals surface area contributed by atoms with Crippen LogP contribution in [0.25, 0.3) is 0 Å². The average Bonchev–Trinajstić information content (AvgIpc) is 3.39. The normalized spacial score (nSPS) is 12.3. The zero-order chi connectivity index (χ0) is 26.5. The summed E-state index contributed by atoms with van der Waals surface area (Å²) in [5.41, 5.74) is 4.29. The van der Waals surface area contributed by atoms with Gasteiger partial charge >= 0.3 is 0 Å². The maximum atomic E-state index is 13.5. The number of terminal acetylenes is 1. The minimum Gasteiger partial charge on any atom is -0.481 e. The van der Waals surface area contributed by atoms with E-state index >= 15 is 0 Å². The first-order valence-electron chi connectivity index (χ1n) is 12.0. The Morgan fingerprint density at radius 1 is 1.05 bits per heavy atom. The minimum atomic E-state index is -0.456. The third-order valence-corrected chi connectivity index (χ3v) is 6.22. The molecule has 1 aromatic heterocycles. The van der Waals surface area contributed by atoms with E-state index in [9.17, 15) is 9.59 Å².